The van der Waals surface area contributed by atoms with Crippen molar-refractivity contribution >= 4 is 16.8 Å². The van der Waals surface area contributed by atoms with Crippen LogP contribution < -0.4 is 26.0 Å². The van der Waals surface area contributed by atoms with Crippen LogP contribution in [-0.2, 0) is 20.5 Å². The number of aryl methyl sites for hydroxylation is 1. The van der Waals surface area contributed by atoms with Gasteiger partial charge in [0, 0.05) is 25.7 Å². The van der Waals surface area contributed by atoms with Crippen molar-refractivity contribution < 1.29 is 14.3 Å². The maximum atomic E-state index is 12.7. The van der Waals surface area contributed by atoms with E-state index >= 15 is 0 Å². The molecular formula is C22H25N3O5. The Balaban J connectivity index is 1.81. The first-order valence-corrected chi connectivity index (χ1v) is 9.48. The van der Waals surface area contributed by atoms with Gasteiger partial charge in [-0.3, -0.25) is 18.7 Å². The molecule has 1 atom stereocenters. The van der Waals surface area contributed by atoms with E-state index in [4.69, 9.17) is 9.47 Å². The maximum Gasteiger partial charge on any atom is 0.330 e. The van der Waals surface area contributed by atoms with Crippen LogP contribution >= 0.6 is 0 Å². The van der Waals surface area contributed by atoms with Crippen molar-refractivity contribution in [3.05, 3.63) is 68.4 Å². The van der Waals surface area contributed by atoms with Crippen molar-refractivity contribution in [2.75, 3.05) is 14.2 Å². The number of nitrogens with one attached hydrogen (secondary N) is 1. The van der Waals surface area contributed by atoms with E-state index in [0.29, 0.717) is 34.4 Å². The van der Waals surface area contributed by atoms with E-state index in [-0.39, 0.29) is 11.9 Å². The maximum absolute atomic E-state index is 12.7. The van der Waals surface area contributed by atoms with Gasteiger partial charge in [-0.25, -0.2) is 4.79 Å². The van der Waals surface area contributed by atoms with Gasteiger partial charge in [0.05, 0.1) is 25.1 Å². The van der Waals surface area contributed by atoms with Crippen LogP contribution in [0.25, 0.3) is 10.9 Å². The highest BCUT2D eigenvalue weighted by Crippen LogP contribution is 2.28. The van der Waals surface area contributed by atoms with Crippen molar-refractivity contribution in [1.82, 2.24) is 14.5 Å². The van der Waals surface area contributed by atoms with Gasteiger partial charge in [0.15, 0.2) is 11.5 Å². The predicted molar refractivity (Wildman–Crippen MR) is 115 cm³/mol. The van der Waals surface area contributed by atoms with E-state index < -0.39 is 11.2 Å². The summed E-state index contributed by atoms with van der Waals surface area (Å²) in [5, 5.41) is 3.27. The van der Waals surface area contributed by atoms with Crippen molar-refractivity contribution in [1.29, 1.82) is 0 Å². The molecule has 8 nitrogen and oxygen atoms in total. The first-order valence-electron chi connectivity index (χ1n) is 9.48. The molecule has 3 aromatic rings. The average Bonchev–Trinajstić information content (AvgIpc) is 2.75. The number of benzene rings is 2. The van der Waals surface area contributed by atoms with E-state index in [0.717, 1.165) is 10.1 Å². The van der Waals surface area contributed by atoms with Gasteiger partial charge in [0.1, 0.15) is 0 Å². The number of ether oxygens (including phenoxy) is 2. The van der Waals surface area contributed by atoms with Gasteiger partial charge in [-0.1, -0.05) is 6.07 Å². The minimum atomic E-state index is -0.430. The van der Waals surface area contributed by atoms with Gasteiger partial charge in [0.25, 0.3) is 11.5 Å². The predicted octanol–water partition coefficient (Wildman–Crippen LogP) is 1.62. The molecule has 0 bridgehead atoms. The number of carbonyl (C=O) groups excluding carboxylic acids is 1. The Hall–Kier alpha value is -3.55. The summed E-state index contributed by atoms with van der Waals surface area (Å²) in [7, 11) is 6.17. The zero-order chi connectivity index (χ0) is 22.0. The van der Waals surface area contributed by atoms with E-state index in [1.165, 1.54) is 17.7 Å². The van der Waals surface area contributed by atoms with Gasteiger partial charge in [-0.05, 0) is 49.2 Å². The molecule has 0 spiro atoms. The van der Waals surface area contributed by atoms with Crippen LogP contribution in [0.15, 0.2) is 46.0 Å². The molecular weight excluding hydrogens is 386 g/mol. The van der Waals surface area contributed by atoms with Crippen molar-refractivity contribution in [3.63, 3.8) is 0 Å². The van der Waals surface area contributed by atoms with E-state index in [9.17, 15) is 14.4 Å². The molecule has 1 N–H and O–H groups in total. The van der Waals surface area contributed by atoms with Gasteiger partial charge >= 0.3 is 5.69 Å². The van der Waals surface area contributed by atoms with Crippen molar-refractivity contribution in [2.45, 2.75) is 19.4 Å². The fraction of sp³-hybridized carbons (Fsp3) is 0.318. The van der Waals surface area contributed by atoms with E-state index in [1.807, 2.05) is 25.1 Å². The Kier molecular flexibility index (Phi) is 5.96. The molecule has 1 heterocycles. The van der Waals surface area contributed by atoms with Crippen LogP contribution in [0.2, 0.25) is 0 Å². The highest BCUT2D eigenvalue weighted by molar-refractivity contribution is 5.98. The highest BCUT2D eigenvalue weighted by Gasteiger charge is 2.15. The summed E-state index contributed by atoms with van der Waals surface area (Å²) in [6, 6.07) is 10.2. The molecule has 0 aliphatic heterocycles. The first kappa shape index (κ1) is 21.2. The molecule has 0 saturated heterocycles. The zero-order valence-corrected chi connectivity index (χ0v) is 17.7. The standard InChI is InChI=1S/C22H25N3O5/c1-13(10-14-6-9-18(29-4)19(11-14)30-5)23-20(26)15-7-8-17-16(12-15)21(27)25(3)22(28)24(17)2/h6-9,11-13H,10H2,1-5H3,(H,23,26). The number of fused-ring (bicyclic) bond motifs is 1. The van der Waals surface area contributed by atoms with Gasteiger partial charge in [0.2, 0.25) is 0 Å². The lowest BCUT2D eigenvalue weighted by atomic mass is 10.1. The molecule has 0 aliphatic rings. The molecule has 0 saturated carbocycles. The number of amides is 1. The number of nitrogens with zero attached hydrogens (tertiary/aromatic N) is 2. The molecule has 3 rings (SSSR count). The molecule has 158 valence electrons. The monoisotopic (exact) mass is 411 g/mol. The van der Waals surface area contributed by atoms with Gasteiger partial charge in [-0.2, -0.15) is 0 Å². The van der Waals surface area contributed by atoms with E-state index in [1.54, 1.807) is 33.4 Å². The Morgan fingerprint density at radius 1 is 1.00 bits per heavy atom. The van der Waals surface area contributed by atoms with E-state index in [2.05, 4.69) is 5.32 Å². The summed E-state index contributed by atoms with van der Waals surface area (Å²) in [6.45, 7) is 1.90. The Morgan fingerprint density at radius 3 is 2.37 bits per heavy atom. The molecule has 8 heteroatoms. The van der Waals surface area contributed by atoms with Crippen LogP contribution in [0.1, 0.15) is 22.8 Å². The van der Waals surface area contributed by atoms with Crippen LogP contribution in [-0.4, -0.2) is 35.3 Å². The Labute approximate surface area is 173 Å². The van der Waals surface area contributed by atoms with Crippen LogP contribution in [0.5, 0.6) is 11.5 Å². The largest absolute Gasteiger partial charge is 0.493 e. The van der Waals surface area contributed by atoms with Crippen LogP contribution in [0.3, 0.4) is 0 Å². The summed E-state index contributed by atoms with van der Waals surface area (Å²) < 4.78 is 13.0. The Bertz CT molecular complexity index is 1230. The smallest absolute Gasteiger partial charge is 0.330 e. The zero-order valence-electron chi connectivity index (χ0n) is 17.7. The third kappa shape index (κ3) is 3.94. The molecule has 0 radical (unpaired) electrons. The second kappa shape index (κ2) is 8.44. The molecule has 2 aromatic carbocycles. The number of hydrogen-bond donors (Lipinski definition) is 1. The quantitative estimate of drug-likeness (QED) is 0.666. The highest BCUT2D eigenvalue weighted by atomic mass is 16.5. The molecule has 0 fully saturated rings. The fourth-order valence-electron chi connectivity index (χ4n) is 3.46. The lowest BCUT2D eigenvalue weighted by molar-refractivity contribution is 0.0940. The summed E-state index contributed by atoms with van der Waals surface area (Å²) in [6.07, 6.45) is 0.593. The lowest BCUT2D eigenvalue weighted by Crippen LogP contribution is -2.37. The second-order valence-electron chi connectivity index (χ2n) is 7.21. The SMILES string of the molecule is COc1ccc(CC(C)NC(=O)c2ccc3c(c2)c(=O)n(C)c(=O)n3C)cc1OC. The lowest BCUT2D eigenvalue weighted by Gasteiger charge is -2.16. The number of aromatic nitrogens is 2. The molecule has 1 amide bonds. The van der Waals surface area contributed by atoms with Gasteiger partial charge < -0.3 is 14.8 Å². The van der Waals surface area contributed by atoms with Crippen molar-refractivity contribution in [3.8, 4) is 11.5 Å². The normalized spacial score (nSPS) is 11.9. The summed E-state index contributed by atoms with van der Waals surface area (Å²) >= 11 is 0. The number of carbonyl (C=O) groups is 1. The molecule has 30 heavy (non-hydrogen) atoms. The number of methoxy groups -OCH3 is 2. The van der Waals surface area contributed by atoms with Gasteiger partial charge in [-0.15, -0.1) is 0 Å². The number of rotatable bonds is 6. The first-order chi connectivity index (χ1) is 14.3. The van der Waals surface area contributed by atoms with Crippen LogP contribution in [0, 0.1) is 0 Å². The third-order valence-corrected chi connectivity index (χ3v) is 5.10. The summed E-state index contributed by atoms with van der Waals surface area (Å²) in [5.74, 6) is 0.982. The fourth-order valence-corrected chi connectivity index (χ4v) is 3.46. The number of hydrogen-bond acceptors (Lipinski definition) is 5. The van der Waals surface area contributed by atoms with Crippen LogP contribution in [0.4, 0.5) is 0 Å². The minimum absolute atomic E-state index is 0.158. The minimum Gasteiger partial charge on any atom is -0.493 e. The Morgan fingerprint density at radius 2 is 1.70 bits per heavy atom. The molecule has 1 unspecified atom stereocenters. The van der Waals surface area contributed by atoms with Crippen molar-refractivity contribution in [2.24, 2.45) is 14.1 Å². The third-order valence-electron chi connectivity index (χ3n) is 5.10. The second-order valence-corrected chi connectivity index (χ2v) is 7.21. The topological polar surface area (TPSA) is 91.6 Å². The molecule has 0 aliphatic carbocycles. The summed E-state index contributed by atoms with van der Waals surface area (Å²) in [4.78, 5) is 37.2. The molecule has 1 aromatic heterocycles. The average molecular weight is 411 g/mol. The summed E-state index contributed by atoms with van der Waals surface area (Å²) in [5.41, 5.74) is 0.993.